The van der Waals surface area contributed by atoms with Gasteiger partial charge in [0.05, 0.1) is 5.75 Å². The summed E-state index contributed by atoms with van der Waals surface area (Å²) in [6, 6.07) is 6.93. The van der Waals surface area contributed by atoms with Gasteiger partial charge in [-0.05, 0) is 5.56 Å². The summed E-state index contributed by atoms with van der Waals surface area (Å²) in [5.41, 5.74) is 6.58. The van der Waals surface area contributed by atoms with Crippen LogP contribution in [-0.2, 0) is 26.0 Å². The van der Waals surface area contributed by atoms with Gasteiger partial charge >= 0.3 is 0 Å². The Kier molecular flexibility index (Phi) is 2.71. The van der Waals surface area contributed by atoms with Crippen LogP contribution in [0.4, 0.5) is 0 Å². The van der Waals surface area contributed by atoms with Crippen LogP contribution in [0.2, 0.25) is 0 Å². The fraction of sp³-hybridized carbons (Fsp3) is 0.364. The Labute approximate surface area is 99.9 Å². The van der Waals surface area contributed by atoms with E-state index in [1.807, 2.05) is 0 Å². The number of primary amides is 1. The number of hydrogen-bond donors (Lipinski definition) is 2. The monoisotopic (exact) mass is 254 g/mol. The van der Waals surface area contributed by atoms with Crippen LogP contribution in [0, 0.1) is 0 Å². The van der Waals surface area contributed by atoms with Gasteiger partial charge in [-0.25, -0.2) is 8.42 Å². The second-order valence-corrected chi connectivity index (χ2v) is 6.38. The Hall–Kier alpha value is -1.40. The molecule has 1 unspecified atom stereocenters. The number of nitrogens with two attached hydrogens (primary N) is 1. The molecule has 1 heterocycles. The van der Waals surface area contributed by atoms with Crippen LogP contribution >= 0.6 is 0 Å². The fourth-order valence-electron chi connectivity index (χ4n) is 2.20. The average molecular weight is 254 g/mol. The van der Waals surface area contributed by atoms with Crippen LogP contribution < -0.4 is 11.1 Å². The zero-order valence-electron chi connectivity index (χ0n) is 9.43. The van der Waals surface area contributed by atoms with E-state index in [0.717, 1.165) is 5.56 Å². The lowest BCUT2D eigenvalue weighted by Crippen LogP contribution is -2.55. The summed E-state index contributed by atoms with van der Waals surface area (Å²) in [6.07, 6.45) is 0. The standard InChI is InChI=1S/C11H14N2O3S/c1-2-17(15,16)11(10(12)14)9-6-4-3-5-8(9)7-13-11/h3-6,13H,2,7H2,1H3,(H2,12,14). The summed E-state index contributed by atoms with van der Waals surface area (Å²) in [7, 11) is -3.66. The van der Waals surface area contributed by atoms with E-state index in [0.29, 0.717) is 12.1 Å². The normalized spacial score (nSPS) is 23.4. The minimum Gasteiger partial charge on any atom is -0.367 e. The lowest BCUT2D eigenvalue weighted by Gasteiger charge is -2.26. The molecule has 0 aliphatic carbocycles. The van der Waals surface area contributed by atoms with Crippen molar-refractivity contribution in [2.45, 2.75) is 18.3 Å². The van der Waals surface area contributed by atoms with Gasteiger partial charge in [-0.3, -0.25) is 10.1 Å². The summed E-state index contributed by atoms with van der Waals surface area (Å²) in [5.74, 6) is -1.01. The number of nitrogens with one attached hydrogen (secondary N) is 1. The van der Waals surface area contributed by atoms with Gasteiger partial charge in [-0.1, -0.05) is 31.2 Å². The first-order chi connectivity index (χ1) is 7.95. The quantitative estimate of drug-likeness (QED) is 0.786. The largest absolute Gasteiger partial charge is 0.367 e. The molecule has 3 N–H and O–H groups in total. The van der Waals surface area contributed by atoms with Crippen molar-refractivity contribution < 1.29 is 13.2 Å². The highest BCUT2D eigenvalue weighted by atomic mass is 32.2. The highest BCUT2D eigenvalue weighted by Crippen LogP contribution is 2.36. The van der Waals surface area contributed by atoms with Crippen LogP contribution in [0.1, 0.15) is 18.1 Å². The molecule has 1 aliphatic heterocycles. The molecular weight excluding hydrogens is 240 g/mol. The third-order valence-electron chi connectivity index (χ3n) is 3.12. The van der Waals surface area contributed by atoms with Crippen molar-refractivity contribution in [1.29, 1.82) is 0 Å². The Morgan fingerprint density at radius 3 is 2.71 bits per heavy atom. The molecule has 2 rings (SSSR count). The highest BCUT2D eigenvalue weighted by molar-refractivity contribution is 7.93. The number of amides is 1. The van der Waals surface area contributed by atoms with Gasteiger partial charge in [0, 0.05) is 12.1 Å². The molecular formula is C11H14N2O3S. The Balaban J connectivity index is 2.74. The summed E-state index contributed by atoms with van der Waals surface area (Å²) in [6.45, 7) is 1.83. The minimum atomic E-state index is -3.66. The van der Waals surface area contributed by atoms with E-state index < -0.39 is 20.6 Å². The molecule has 1 aromatic carbocycles. The number of fused-ring (bicyclic) bond motifs is 1. The number of sulfone groups is 1. The van der Waals surface area contributed by atoms with Gasteiger partial charge < -0.3 is 5.73 Å². The van der Waals surface area contributed by atoms with E-state index in [1.165, 1.54) is 6.92 Å². The van der Waals surface area contributed by atoms with Crippen LogP contribution in [0.25, 0.3) is 0 Å². The first kappa shape index (κ1) is 12.1. The third kappa shape index (κ3) is 1.48. The average Bonchev–Trinajstić information content (AvgIpc) is 2.70. The first-order valence-corrected chi connectivity index (χ1v) is 6.96. The fourth-order valence-corrected chi connectivity index (χ4v) is 3.77. The highest BCUT2D eigenvalue weighted by Gasteiger charge is 2.53. The minimum absolute atomic E-state index is 0.142. The zero-order valence-corrected chi connectivity index (χ0v) is 10.3. The van der Waals surface area contributed by atoms with E-state index in [4.69, 9.17) is 5.73 Å². The second kappa shape index (κ2) is 3.82. The smallest absolute Gasteiger partial charge is 0.258 e. The number of rotatable bonds is 3. The molecule has 0 radical (unpaired) electrons. The lowest BCUT2D eigenvalue weighted by atomic mass is 10.0. The van der Waals surface area contributed by atoms with Gasteiger partial charge in [0.2, 0.25) is 4.87 Å². The molecule has 92 valence electrons. The van der Waals surface area contributed by atoms with E-state index in [9.17, 15) is 13.2 Å². The van der Waals surface area contributed by atoms with E-state index in [-0.39, 0.29) is 5.75 Å². The lowest BCUT2D eigenvalue weighted by molar-refractivity contribution is -0.121. The van der Waals surface area contributed by atoms with Crippen LogP contribution in [0.3, 0.4) is 0 Å². The molecule has 0 saturated heterocycles. The molecule has 1 atom stereocenters. The summed E-state index contributed by atoms with van der Waals surface area (Å²) < 4.78 is 24.3. The molecule has 0 spiro atoms. The predicted molar refractivity (Wildman–Crippen MR) is 63.6 cm³/mol. The summed E-state index contributed by atoms with van der Waals surface area (Å²) >= 11 is 0. The summed E-state index contributed by atoms with van der Waals surface area (Å²) in [5, 5.41) is 2.76. The number of hydrogen-bond acceptors (Lipinski definition) is 4. The van der Waals surface area contributed by atoms with E-state index >= 15 is 0 Å². The molecule has 1 amide bonds. The molecule has 0 saturated carbocycles. The number of carbonyl (C=O) groups excluding carboxylic acids is 1. The van der Waals surface area contributed by atoms with Gasteiger partial charge in [-0.15, -0.1) is 0 Å². The number of carbonyl (C=O) groups is 1. The molecule has 1 aliphatic rings. The van der Waals surface area contributed by atoms with Crippen LogP contribution in [0.15, 0.2) is 24.3 Å². The Morgan fingerprint density at radius 2 is 2.12 bits per heavy atom. The van der Waals surface area contributed by atoms with Gasteiger partial charge in [0.25, 0.3) is 5.91 Å². The van der Waals surface area contributed by atoms with Gasteiger partial charge in [0.15, 0.2) is 9.84 Å². The van der Waals surface area contributed by atoms with Crippen molar-refractivity contribution in [2.24, 2.45) is 5.73 Å². The maximum absolute atomic E-state index is 12.2. The first-order valence-electron chi connectivity index (χ1n) is 5.31. The number of benzene rings is 1. The van der Waals surface area contributed by atoms with Crippen molar-refractivity contribution in [1.82, 2.24) is 5.32 Å². The van der Waals surface area contributed by atoms with Gasteiger partial charge in [-0.2, -0.15) is 0 Å². The SMILES string of the molecule is CCS(=O)(=O)C1(C(N)=O)NCc2ccccc21. The van der Waals surface area contributed by atoms with Crippen molar-refractivity contribution in [3.8, 4) is 0 Å². The third-order valence-corrected chi connectivity index (χ3v) is 5.38. The van der Waals surface area contributed by atoms with Crippen LogP contribution in [0.5, 0.6) is 0 Å². The van der Waals surface area contributed by atoms with E-state index in [2.05, 4.69) is 5.32 Å². The molecule has 17 heavy (non-hydrogen) atoms. The Morgan fingerprint density at radius 1 is 1.47 bits per heavy atom. The molecule has 0 fully saturated rings. The topological polar surface area (TPSA) is 89.3 Å². The molecule has 0 bridgehead atoms. The maximum atomic E-state index is 12.2. The van der Waals surface area contributed by atoms with Crippen LogP contribution in [-0.4, -0.2) is 20.1 Å². The van der Waals surface area contributed by atoms with E-state index in [1.54, 1.807) is 24.3 Å². The molecule has 0 aromatic heterocycles. The molecule has 5 nitrogen and oxygen atoms in total. The Bertz CT molecular complexity index is 568. The second-order valence-electron chi connectivity index (χ2n) is 3.96. The van der Waals surface area contributed by atoms with Crippen molar-refractivity contribution in [3.63, 3.8) is 0 Å². The predicted octanol–water partition coefficient (Wildman–Crippen LogP) is -0.137. The van der Waals surface area contributed by atoms with Crippen molar-refractivity contribution in [3.05, 3.63) is 35.4 Å². The zero-order chi connectivity index (χ0) is 12.7. The maximum Gasteiger partial charge on any atom is 0.258 e. The van der Waals surface area contributed by atoms with Crippen molar-refractivity contribution >= 4 is 15.7 Å². The molecule has 6 heteroatoms. The van der Waals surface area contributed by atoms with Crippen molar-refractivity contribution in [2.75, 3.05) is 5.75 Å². The summed E-state index contributed by atoms with van der Waals surface area (Å²) in [4.78, 5) is 9.91. The van der Waals surface area contributed by atoms with Gasteiger partial charge in [0.1, 0.15) is 0 Å². The molecule has 1 aromatic rings.